The van der Waals surface area contributed by atoms with Gasteiger partial charge in [-0.15, -0.1) is 0 Å². The SMILES string of the molecule is CCCC(CC)N=C(c1ccccc1)c1ccccc1. The van der Waals surface area contributed by atoms with E-state index >= 15 is 0 Å². The van der Waals surface area contributed by atoms with Gasteiger partial charge in [0, 0.05) is 11.1 Å². The number of aliphatic imine (C=N–C) groups is 1. The van der Waals surface area contributed by atoms with Crippen LogP contribution in [-0.2, 0) is 0 Å². The Kier molecular flexibility index (Phi) is 5.55. The van der Waals surface area contributed by atoms with Crippen LogP contribution in [0.2, 0.25) is 0 Å². The fourth-order valence-electron chi connectivity index (χ4n) is 2.38. The summed E-state index contributed by atoms with van der Waals surface area (Å²) in [4.78, 5) is 5.04. The summed E-state index contributed by atoms with van der Waals surface area (Å²) in [5.74, 6) is 0. The lowest BCUT2D eigenvalue weighted by atomic mass is 10.0. The van der Waals surface area contributed by atoms with E-state index in [2.05, 4.69) is 74.5 Å². The first kappa shape index (κ1) is 14.5. The molecule has 0 aliphatic carbocycles. The fourth-order valence-corrected chi connectivity index (χ4v) is 2.38. The fraction of sp³-hybridized carbons (Fsp3) is 0.316. The van der Waals surface area contributed by atoms with E-state index in [1.807, 2.05) is 0 Å². The van der Waals surface area contributed by atoms with E-state index < -0.39 is 0 Å². The first-order valence-corrected chi connectivity index (χ1v) is 7.53. The van der Waals surface area contributed by atoms with Crippen molar-refractivity contribution >= 4 is 5.71 Å². The maximum atomic E-state index is 5.04. The quantitative estimate of drug-likeness (QED) is 0.644. The Bertz CT molecular complexity index is 487. The molecule has 0 aliphatic rings. The van der Waals surface area contributed by atoms with Gasteiger partial charge in [0.2, 0.25) is 0 Å². The van der Waals surface area contributed by atoms with Gasteiger partial charge in [-0.05, 0) is 12.8 Å². The van der Waals surface area contributed by atoms with Gasteiger partial charge in [0.15, 0.2) is 0 Å². The van der Waals surface area contributed by atoms with Crippen molar-refractivity contribution in [2.75, 3.05) is 0 Å². The van der Waals surface area contributed by atoms with Gasteiger partial charge < -0.3 is 0 Å². The lowest BCUT2D eigenvalue weighted by Gasteiger charge is -2.13. The molecule has 0 saturated heterocycles. The number of nitrogens with zero attached hydrogens (tertiary/aromatic N) is 1. The van der Waals surface area contributed by atoms with Crippen LogP contribution in [0.4, 0.5) is 0 Å². The van der Waals surface area contributed by atoms with Crippen LogP contribution in [0.1, 0.15) is 44.2 Å². The Labute approximate surface area is 122 Å². The summed E-state index contributed by atoms with van der Waals surface area (Å²) in [6.07, 6.45) is 3.43. The zero-order valence-electron chi connectivity index (χ0n) is 12.4. The van der Waals surface area contributed by atoms with Gasteiger partial charge in [0.25, 0.3) is 0 Å². The topological polar surface area (TPSA) is 12.4 Å². The zero-order valence-corrected chi connectivity index (χ0v) is 12.4. The molecular weight excluding hydrogens is 242 g/mol. The number of hydrogen-bond donors (Lipinski definition) is 0. The van der Waals surface area contributed by atoms with E-state index in [-0.39, 0.29) is 0 Å². The summed E-state index contributed by atoms with van der Waals surface area (Å²) in [7, 11) is 0. The predicted molar refractivity (Wildman–Crippen MR) is 87.5 cm³/mol. The second-order valence-electron chi connectivity index (χ2n) is 5.06. The molecular formula is C19H23N. The smallest absolute Gasteiger partial charge is 0.0722 e. The largest absolute Gasteiger partial charge is 0.281 e. The highest BCUT2D eigenvalue weighted by atomic mass is 14.8. The predicted octanol–water partition coefficient (Wildman–Crippen LogP) is 5.10. The van der Waals surface area contributed by atoms with Crippen LogP contribution in [0.5, 0.6) is 0 Å². The molecule has 20 heavy (non-hydrogen) atoms. The summed E-state index contributed by atoms with van der Waals surface area (Å²) in [6.45, 7) is 4.44. The minimum absolute atomic E-state index is 0.412. The Balaban J connectivity index is 2.42. The Morgan fingerprint density at radius 1 is 0.850 bits per heavy atom. The Hall–Kier alpha value is -1.89. The van der Waals surface area contributed by atoms with Gasteiger partial charge in [-0.3, -0.25) is 4.99 Å². The van der Waals surface area contributed by atoms with E-state index in [4.69, 9.17) is 4.99 Å². The lowest BCUT2D eigenvalue weighted by Crippen LogP contribution is -2.10. The lowest BCUT2D eigenvalue weighted by molar-refractivity contribution is 0.590. The highest BCUT2D eigenvalue weighted by Gasteiger charge is 2.09. The van der Waals surface area contributed by atoms with E-state index in [1.54, 1.807) is 0 Å². The van der Waals surface area contributed by atoms with Crippen molar-refractivity contribution in [1.29, 1.82) is 0 Å². The molecule has 0 amide bonds. The summed E-state index contributed by atoms with van der Waals surface area (Å²) in [6, 6.07) is 21.4. The van der Waals surface area contributed by atoms with E-state index in [9.17, 15) is 0 Å². The highest BCUT2D eigenvalue weighted by Crippen LogP contribution is 2.15. The Morgan fingerprint density at radius 2 is 1.35 bits per heavy atom. The second kappa shape index (κ2) is 7.64. The minimum Gasteiger partial charge on any atom is -0.281 e. The molecule has 0 heterocycles. The van der Waals surface area contributed by atoms with Gasteiger partial charge >= 0.3 is 0 Å². The monoisotopic (exact) mass is 265 g/mol. The van der Waals surface area contributed by atoms with Crippen LogP contribution < -0.4 is 0 Å². The number of rotatable bonds is 6. The molecule has 2 aromatic rings. The third-order valence-corrected chi connectivity index (χ3v) is 3.50. The third-order valence-electron chi connectivity index (χ3n) is 3.50. The molecule has 2 rings (SSSR count). The van der Waals surface area contributed by atoms with Crippen molar-refractivity contribution < 1.29 is 0 Å². The van der Waals surface area contributed by atoms with Crippen molar-refractivity contribution in [2.24, 2.45) is 4.99 Å². The molecule has 104 valence electrons. The average molecular weight is 265 g/mol. The van der Waals surface area contributed by atoms with Crippen LogP contribution in [0, 0.1) is 0 Å². The molecule has 1 nitrogen and oxygen atoms in total. The van der Waals surface area contributed by atoms with Crippen molar-refractivity contribution in [2.45, 2.75) is 39.2 Å². The van der Waals surface area contributed by atoms with Crippen LogP contribution in [0.25, 0.3) is 0 Å². The molecule has 0 aliphatic heterocycles. The molecule has 2 aromatic carbocycles. The normalized spacial score (nSPS) is 11.9. The van der Waals surface area contributed by atoms with E-state index in [1.165, 1.54) is 17.5 Å². The van der Waals surface area contributed by atoms with E-state index in [0.717, 1.165) is 18.6 Å². The van der Waals surface area contributed by atoms with Crippen LogP contribution in [-0.4, -0.2) is 11.8 Å². The van der Waals surface area contributed by atoms with Gasteiger partial charge in [-0.25, -0.2) is 0 Å². The zero-order chi connectivity index (χ0) is 14.2. The maximum absolute atomic E-state index is 5.04. The van der Waals surface area contributed by atoms with Gasteiger partial charge in [0.05, 0.1) is 11.8 Å². The van der Waals surface area contributed by atoms with Crippen molar-refractivity contribution in [3.8, 4) is 0 Å². The maximum Gasteiger partial charge on any atom is 0.0722 e. The molecule has 0 radical (unpaired) electrons. The molecule has 1 heteroatoms. The van der Waals surface area contributed by atoms with Gasteiger partial charge in [-0.1, -0.05) is 80.9 Å². The van der Waals surface area contributed by atoms with Gasteiger partial charge in [-0.2, -0.15) is 0 Å². The third kappa shape index (κ3) is 3.80. The first-order valence-electron chi connectivity index (χ1n) is 7.53. The second-order valence-corrected chi connectivity index (χ2v) is 5.06. The summed E-state index contributed by atoms with van der Waals surface area (Å²) in [5.41, 5.74) is 3.52. The summed E-state index contributed by atoms with van der Waals surface area (Å²) in [5, 5.41) is 0. The molecule has 0 saturated carbocycles. The van der Waals surface area contributed by atoms with Crippen molar-refractivity contribution in [1.82, 2.24) is 0 Å². The van der Waals surface area contributed by atoms with Crippen molar-refractivity contribution in [3.63, 3.8) is 0 Å². The number of hydrogen-bond acceptors (Lipinski definition) is 1. The molecule has 1 unspecified atom stereocenters. The van der Waals surface area contributed by atoms with Crippen LogP contribution in [0.15, 0.2) is 65.7 Å². The summed E-state index contributed by atoms with van der Waals surface area (Å²) >= 11 is 0. The van der Waals surface area contributed by atoms with Gasteiger partial charge in [0.1, 0.15) is 0 Å². The molecule has 1 atom stereocenters. The average Bonchev–Trinajstić information content (AvgIpc) is 2.53. The van der Waals surface area contributed by atoms with Crippen LogP contribution in [0.3, 0.4) is 0 Å². The highest BCUT2D eigenvalue weighted by molar-refractivity contribution is 6.12. The standard InChI is InChI=1S/C19H23N/c1-3-11-18(4-2)20-19(16-12-7-5-8-13-16)17-14-9-6-10-15-17/h5-10,12-15,18H,3-4,11H2,1-2H3. The molecule has 0 fully saturated rings. The Morgan fingerprint density at radius 3 is 1.75 bits per heavy atom. The summed E-state index contributed by atoms with van der Waals surface area (Å²) < 4.78 is 0. The molecule has 0 N–H and O–H groups in total. The van der Waals surface area contributed by atoms with Crippen molar-refractivity contribution in [3.05, 3.63) is 71.8 Å². The van der Waals surface area contributed by atoms with Crippen LogP contribution >= 0.6 is 0 Å². The minimum atomic E-state index is 0.412. The first-order chi connectivity index (χ1) is 9.85. The number of benzene rings is 2. The molecule has 0 aromatic heterocycles. The van der Waals surface area contributed by atoms with E-state index in [0.29, 0.717) is 6.04 Å². The molecule has 0 bridgehead atoms. The molecule has 0 spiro atoms.